The molecule has 2 N–H and O–H groups in total. The first-order valence-corrected chi connectivity index (χ1v) is 8.61. The summed E-state index contributed by atoms with van der Waals surface area (Å²) < 4.78 is 7.57. The smallest absolute Gasteiger partial charge is 0.187 e. The fourth-order valence-electron chi connectivity index (χ4n) is 3.20. The van der Waals surface area contributed by atoms with Crippen molar-refractivity contribution in [2.45, 2.75) is 31.7 Å². The second kappa shape index (κ2) is 6.64. The first-order valence-electron chi connectivity index (χ1n) is 8.61. The molecule has 25 heavy (non-hydrogen) atoms. The maximum absolute atomic E-state index is 5.97. The van der Waals surface area contributed by atoms with Crippen molar-refractivity contribution in [3.05, 3.63) is 54.5 Å². The molecule has 128 valence electrons. The van der Waals surface area contributed by atoms with Crippen LogP contribution in [0.1, 0.15) is 31.5 Å². The molecule has 0 bridgehead atoms. The molecule has 6 nitrogen and oxygen atoms in total. The monoisotopic (exact) mass is 335 g/mol. The Kier molecular flexibility index (Phi) is 4.19. The van der Waals surface area contributed by atoms with Gasteiger partial charge in [0.2, 0.25) is 0 Å². The second-order valence-electron chi connectivity index (χ2n) is 6.29. The first-order chi connectivity index (χ1) is 12.3. The van der Waals surface area contributed by atoms with E-state index in [-0.39, 0.29) is 6.04 Å². The van der Waals surface area contributed by atoms with Gasteiger partial charge in [-0.2, -0.15) is 0 Å². The molecule has 0 aliphatic heterocycles. The molecule has 0 saturated heterocycles. The van der Waals surface area contributed by atoms with Crippen molar-refractivity contribution < 1.29 is 4.74 Å². The first kappa shape index (κ1) is 15.8. The van der Waals surface area contributed by atoms with E-state index < -0.39 is 0 Å². The van der Waals surface area contributed by atoms with Gasteiger partial charge in [-0.25, -0.2) is 4.98 Å². The highest BCUT2D eigenvalue weighted by atomic mass is 16.5. The van der Waals surface area contributed by atoms with Gasteiger partial charge in [0.15, 0.2) is 5.82 Å². The fourth-order valence-corrected chi connectivity index (χ4v) is 3.20. The molecule has 4 rings (SSSR count). The van der Waals surface area contributed by atoms with Crippen LogP contribution in [0.5, 0.6) is 5.75 Å². The molecule has 1 aromatic carbocycles. The summed E-state index contributed by atoms with van der Waals surface area (Å²) in [5, 5.41) is 8.91. The van der Waals surface area contributed by atoms with E-state index in [2.05, 4.69) is 31.9 Å². The SMILES string of the molecule is CCOc1ccc(-c2nnc(C3CC(N)C3)n2-c2ccccc2)nc1. The van der Waals surface area contributed by atoms with Gasteiger partial charge >= 0.3 is 0 Å². The number of nitrogens with two attached hydrogens (primary N) is 1. The summed E-state index contributed by atoms with van der Waals surface area (Å²) in [4.78, 5) is 4.51. The van der Waals surface area contributed by atoms with Crippen LogP contribution in [0.2, 0.25) is 0 Å². The number of hydrogen-bond donors (Lipinski definition) is 1. The van der Waals surface area contributed by atoms with Gasteiger partial charge in [-0.15, -0.1) is 10.2 Å². The number of benzene rings is 1. The third-order valence-corrected chi connectivity index (χ3v) is 4.52. The summed E-state index contributed by atoms with van der Waals surface area (Å²) in [6, 6.07) is 14.2. The summed E-state index contributed by atoms with van der Waals surface area (Å²) in [5.74, 6) is 2.80. The minimum absolute atomic E-state index is 0.262. The van der Waals surface area contributed by atoms with Gasteiger partial charge in [-0.05, 0) is 44.0 Å². The van der Waals surface area contributed by atoms with Crippen molar-refractivity contribution in [3.63, 3.8) is 0 Å². The second-order valence-corrected chi connectivity index (χ2v) is 6.29. The summed E-state index contributed by atoms with van der Waals surface area (Å²) in [7, 11) is 0. The lowest BCUT2D eigenvalue weighted by Gasteiger charge is -2.31. The molecule has 2 aromatic heterocycles. The highest BCUT2D eigenvalue weighted by Gasteiger charge is 2.33. The highest BCUT2D eigenvalue weighted by molar-refractivity contribution is 5.55. The normalized spacial score (nSPS) is 19.4. The van der Waals surface area contributed by atoms with E-state index >= 15 is 0 Å². The van der Waals surface area contributed by atoms with E-state index in [1.54, 1.807) is 6.20 Å². The third-order valence-electron chi connectivity index (χ3n) is 4.52. The van der Waals surface area contributed by atoms with Crippen LogP contribution < -0.4 is 10.5 Å². The molecule has 1 saturated carbocycles. The minimum Gasteiger partial charge on any atom is -0.492 e. The van der Waals surface area contributed by atoms with Gasteiger partial charge in [-0.3, -0.25) is 4.57 Å². The number of hydrogen-bond acceptors (Lipinski definition) is 5. The van der Waals surface area contributed by atoms with Gasteiger partial charge in [0.05, 0.1) is 12.8 Å². The van der Waals surface area contributed by atoms with E-state index in [4.69, 9.17) is 10.5 Å². The van der Waals surface area contributed by atoms with E-state index in [1.165, 1.54) is 0 Å². The van der Waals surface area contributed by atoms with E-state index in [9.17, 15) is 0 Å². The number of pyridine rings is 1. The maximum Gasteiger partial charge on any atom is 0.187 e. The number of aromatic nitrogens is 4. The van der Waals surface area contributed by atoms with Crippen molar-refractivity contribution in [1.82, 2.24) is 19.7 Å². The maximum atomic E-state index is 5.97. The largest absolute Gasteiger partial charge is 0.492 e. The van der Waals surface area contributed by atoms with Gasteiger partial charge in [-0.1, -0.05) is 18.2 Å². The molecule has 0 spiro atoms. The number of rotatable bonds is 5. The molecule has 3 aromatic rings. The molecule has 2 heterocycles. The molecule has 0 radical (unpaired) electrons. The Balaban J connectivity index is 1.77. The Bertz CT molecular complexity index is 838. The quantitative estimate of drug-likeness (QED) is 0.775. The fraction of sp³-hybridized carbons (Fsp3) is 0.316. The van der Waals surface area contributed by atoms with Crippen LogP contribution in [-0.2, 0) is 0 Å². The van der Waals surface area contributed by atoms with Crippen molar-refractivity contribution in [2.24, 2.45) is 5.73 Å². The van der Waals surface area contributed by atoms with Crippen molar-refractivity contribution in [2.75, 3.05) is 6.61 Å². The van der Waals surface area contributed by atoms with Crippen LogP contribution in [0.25, 0.3) is 17.2 Å². The Hall–Kier alpha value is -2.73. The lowest BCUT2D eigenvalue weighted by molar-refractivity contribution is 0.335. The lowest BCUT2D eigenvalue weighted by atomic mass is 9.80. The number of nitrogens with zero attached hydrogens (tertiary/aromatic N) is 4. The zero-order valence-electron chi connectivity index (χ0n) is 14.2. The molecular weight excluding hydrogens is 314 g/mol. The van der Waals surface area contributed by atoms with Crippen LogP contribution in [-0.4, -0.2) is 32.4 Å². The highest BCUT2D eigenvalue weighted by Crippen LogP contribution is 2.37. The molecular formula is C19H21N5O. The van der Waals surface area contributed by atoms with Crippen LogP contribution >= 0.6 is 0 Å². The van der Waals surface area contributed by atoms with Gasteiger partial charge < -0.3 is 10.5 Å². The third kappa shape index (κ3) is 3.00. The molecule has 1 aliphatic rings. The summed E-state index contributed by atoms with van der Waals surface area (Å²) in [5.41, 5.74) is 7.78. The van der Waals surface area contributed by atoms with Crippen LogP contribution in [0.3, 0.4) is 0 Å². The van der Waals surface area contributed by atoms with Crippen LogP contribution in [0, 0.1) is 0 Å². The predicted octanol–water partition coefficient (Wildman–Crippen LogP) is 2.93. The van der Waals surface area contributed by atoms with Crippen LogP contribution in [0.15, 0.2) is 48.7 Å². The Morgan fingerprint density at radius 3 is 2.56 bits per heavy atom. The Morgan fingerprint density at radius 1 is 1.12 bits per heavy atom. The zero-order chi connectivity index (χ0) is 17.2. The van der Waals surface area contributed by atoms with Gasteiger partial charge in [0.25, 0.3) is 0 Å². The molecule has 1 fully saturated rings. The van der Waals surface area contributed by atoms with E-state index in [1.807, 2.05) is 37.3 Å². The van der Waals surface area contributed by atoms with Crippen molar-refractivity contribution >= 4 is 0 Å². The van der Waals surface area contributed by atoms with Gasteiger partial charge in [0, 0.05) is 17.6 Å². The molecule has 6 heteroatoms. The van der Waals surface area contributed by atoms with E-state index in [0.717, 1.165) is 41.6 Å². The topological polar surface area (TPSA) is 78.9 Å². The van der Waals surface area contributed by atoms with Crippen molar-refractivity contribution in [1.29, 1.82) is 0 Å². The summed E-state index contributed by atoms with van der Waals surface area (Å²) in [6.45, 7) is 2.57. The average Bonchev–Trinajstić information content (AvgIpc) is 3.05. The average molecular weight is 335 g/mol. The summed E-state index contributed by atoms with van der Waals surface area (Å²) >= 11 is 0. The van der Waals surface area contributed by atoms with Crippen LogP contribution in [0.4, 0.5) is 0 Å². The molecule has 0 amide bonds. The summed E-state index contributed by atoms with van der Waals surface area (Å²) in [6.07, 6.45) is 3.62. The Labute approximate surface area is 146 Å². The molecule has 0 atom stereocenters. The zero-order valence-corrected chi connectivity index (χ0v) is 14.2. The molecule has 0 unspecified atom stereocenters. The number of para-hydroxylation sites is 1. The van der Waals surface area contributed by atoms with Gasteiger partial charge in [0.1, 0.15) is 17.3 Å². The lowest BCUT2D eigenvalue weighted by Crippen LogP contribution is -2.36. The van der Waals surface area contributed by atoms with Crippen molar-refractivity contribution in [3.8, 4) is 23.0 Å². The predicted molar refractivity (Wildman–Crippen MR) is 95.7 cm³/mol. The number of ether oxygens (including phenoxy) is 1. The minimum atomic E-state index is 0.262. The Morgan fingerprint density at radius 2 is 1.92 bits per heavy atom. The standard InChI is InChI=1S/C19H21N5O/c1-2-25-16-8-9-17(21-12-16)19-23-22-18(13-10-14(20)11-13)24(19)15-6-4-3-5-7-15/h3-9,12-14H,2,10-11,20H2,1H3. The molecule has 1 aliphatic carbocycles. The van der Waals surface area contributed by atoms with E-state index in [0.29, 0.717) is 12.5 Å².